The molecule has 0 saturated carbocycles. The minimum absolute atomic E-state index is 0.226. The van der Waals surface area contributed by atoms with Gasteiger partial charge in [-0.15, -0.1) is 11.3 Å². The normalized spacial score (nSPS) is 10.3. The summed E-state index contributed by atoms with van der Waals surface area (Å²) in [4.78, 5) is 14.6. The summed E-state index contributed by atoms with van der Waals surface area (Å²) in [6.45, 7) is 0.531. The first-order chi connectivity index (χ1) is 9.04. The van der Waals surface area contributed by atoms with E-state index in [1.807, 2.05) is 11.4 Å². The molecular weight excluding hydrogens is 331 g/mol. The van der Waals surface area contributed by atoms with Gasteiger partial charge in [-0.1, -0.05) is 0 Å². The lowest BCUT2D eigenvalue weighted by atomic mass is 10.3. The number of urea groups is 1. The summed E-state index contributed by atoms with van der Waals surface area (Å²) < 4.78 is 13.8. The van der Waals surface area contributed by atoms with Crippen LogP contribution in [0.5, 0.6) is 0 Å². The molecule has 0 aliphatic heterocycles. The zero-order valence-corrected chi connectivity index (χ0v) is 12.6. The summed E-state index contributed by atoms with van der Waals surface area (Å²) in [5.41, 5.74) is 0.575. The van der Waals surface area contributed by atoms with E-state index in [1.165, 1.54) is 24.3 Å². The standard InChI is InChI=1S/C13H12BrFN2OS/c1-17(7-12-6-9(14)8-19-12)13(18)16-11-4-2-10(15)3-5-11/h2-6,8H,7H2,1H3,(H,16,18). The van der Waals surface area contributed by atoms with E-state index in [2.05, 4.69) is 21.2 Å². The van der Waals surface area contributed by atoms with Crippen LogP contribution < -0.4 is 5.32 Å². The number of nitrogens with zero attached hydrogens (tertiary/aromatic N) is 1. The van der Waals surface area contributed by atoms with Gasteiger partial charge in [-0.3, -0.25) is 0 Å². The fourth-order valence-electron chi connectivity index (χ4n) is 1.49. The Bertz CT molecular complexity index is 570. The van der Waals surface area contributed by atoms with E-state index in [0.717, 1.165) is 9.35 Å². The number of nitrogens with one attached hydrogen (secondary N) is 1. The molecule has 1 aromatic heterocycles. The van der Waals surface area contributed by atoms with Gasteiger partial charge < -0.3 is 10.2 Å². The van der Waals surface area contributed by atoms with Gasteiger partial charge in [0.1, 0.15) is 5.82 Å². The van der Waals surface area contributed by atoms with Gasteiger partial charge in [-0.2, -0.15) is 0 Å². The summed E-state index contributed by atoms with van der Waals surface area (Å²) in [6.07, 6.45) is 0. The highest BCUT2D eigenvalue weighted by Crippen LogP contribution is 2.21. The van der Waals surface area contributed by atoms with Crippen molar-refractivity contribution in [2.75, 3.05) is 12.4 Å². The monoisotopic (exact) mass is 342 g/mol. The Labute approximate surface area is 123 Å². The lowest BCUT2D eigenvalue weighted by Gasteiger charge is -2.17. The number of benzene rings is 1. The van der Waals surface area contributed by atoms with Crippen LogP contribution in [0.25, 0.3) is 0 Å². The predicted molar refractivity (Wildman–Crippen MR) is 78.9 cm³/mol. The average Bonchev–Trinajstić information content (AvgIpc) is 2.77. The molecule has 0 aliphatic rings. The third-order valence-corrected chi connectivity index (χ3v) is 4.14. The number of anilines is 1. The third-order valence-electron chi connectivity index (χ3n) is 2.46. The molecule has 6 heteroatoms. The molecule has 1 heterocycles. The van der Waals surface area contributed by atoms with Crippen molar-refractivity contribution in [2.24, 2.45) is 0 Å². The second kappa shape index (κ2) is 6.16. The van der Waals surface area contributed by atoms with Gasteiger partial charge in [0.15, 0.2) is 0 Å². The molecule has 2 amide bonds. The van der Waals surface area contributed by atoms with Crippen LogP contribution in [-0.2, 0) is 6.54 Å². The van der Waals surface area contributed by atoms with Gasteiger partial charge in [0.25, 0.3) is 0 Å². The van der Waals surface area contributed by atoms with Gasteiger partial charge in [0, 0.05) is 27.5 Å². The molecule has 0 bridgehead atoms. The predicted octanol–water partition coefficient (Wildman–Crippen LogP) is 4.31. The van der Waals surface area contributed by atoms with Crippen LogP contribution >= 0.6 is 27.3 Å². The van der Waals surface area contributed by atoms with E-state index in [4.69, 9.17) is 0 Å². The number of rotatable bonds is 3. The zero-order chi connectivity index (χ0) is 13.8. The van der Waals surface area contributed by atoms with Crippen LogP contribution in [0.15, 0.2) is 40.2 Å². The molecule has 1 N–H and O–H groups in total. The maximum Gasteiger partial charge on any atom is 0.321 e. The highest BCUT2D eigenvalue weighted by atomic mass is 79.9. The van der Waals surface area contributed by atoms with E-state index in [-0.39, 0.29) is 11.8 Å². The number of amides is 2. The quantitative estimate of drug-likeness (QED) is 0.885. The Hall–Kier alpha value is -1.40. The van der Waals surface area contributed by atoms with E-state index in [0.29, 0.717) is 12.2 Å². The molecule has 2 rings (SSSR count). The number of carbonyl (C=O) groups excluding carboxylic acids is 1. The lowest BCUT2D eigenvalue weighted by Crippen LogP contribution is -2.30. The Balaban J connectivity index is 1.94. The molecular formula is C13H12BrFN2OS. The zero-order valence-electron chi connectivity index (χ0n) is 10.2. The molecule has 0 aliphatic carbocycles. The fourth-order valence-corrected chi connectivity index (χ4v) is 3.00. The van der Waals surface area contributed by atoms with Crippen LogP contribution in [0, 0.1) is 5.82 Å². The molecule has 0 atom stereocenters. The topological polar surface area (TPSA) is 32.3 Å². The van der Waals surface area contributed by atoms with Crippen molar-refractivity contribution in [1.82, 2.24) is 4.90 Å². The van der Waals surface area contributed by atoms with E-state index in [1.54, 1.807) is 23.3 Å². The summed E-state index contributed by atoms with van der Waals surface area (Å²) in [6, 6.07) is 7.44. The number of halogens is 2. The first-order valence-electron chi connectivity index (χ1n) is 5.55. The number of thiophene rings is 1. The highest BCUT2D eigenvalue weighted by molar-refractivity contribution is 9.10. The Morgan fingerprint density at radius 3 is 2.68 bits per heavy atom. The van der Waals surface area contributed by atoms with Gasteiger partial charge in [0.2, 0.25) is 0 Å². The van der Waals surface area contributed by atoms with E-state index < -0.39 is 0 Å². The molecule has 1 aromatic carbocycles. The maximum atomic E-state index is 12.7. The van der Waals surface area contributed by atoms with Gasteiger partial charge >= 0.3 is 6.03 Å². The second-order valence-electron chi connectivity index (χ2n) is 4.02. The SMILES string of the molecule is CN(Cc1cc(Br)cs1)C(=O)Nc1ccc(F)cc1. The van der Waals surface area contributed by atoms with Crippen molar-refractivity contribution in [3.05, 3.63) is 50.9 Å². The molecule has 0 fully saturated rings. The van der Waals surface area contributed by atoms with Crippen molar-refractivity contribution < 1.29 is 9.18 Å². The third kappa shape index (κ3) is 4.04. The molecule has 0 spiro atoms. The molecule has 100 valence electrons. The number of hydrogen-bond donors (Lipinski definition) is 1. The average molecular weight is 343 g/mol. The van der Waals surface area contributed by atoms with Gasteiger partial charge in [-0.05, 0) is 46.3 Å². The van der Waals surface area contributed by atoms with Crippen molar-refractivity contribution >= 4 is 39.0 Å². The number of carbonyl (C=O) groups is 1. The second-order valence-corrected chi connectivity index (χ2v) is 5.94. The fraction of sp³-hybridized carbons (Fsp3) is 0.154. The lowest BCUT2D eigenvalue weighted by molar-refractivity contribution is 0.221. The van der Waals surface area contributed by atoms with Crippen LogP contribution in [0.1, 0.15) is 4.88 Å². The molecule has 2 aromatic rings. The maximum absolute atomic E-state index is 12.7. The first kappa shape index (κ1) is 14.0. The molecule has 3 nitrogen and oxygen atoms in total. The van der Waals surface area contributed by atoms with Crippen molar-refractivity contribution in [2.45, 2.75) is 6.54 Å². The molecule has 0 radical (unpaired) electrons. The van der Waals surface area contributed by atoms with E-state index >= 15 is 0 Å². The minimum atomic E-state index is -0.324. The molecule has 0 unspecified atom stereocenters. The van der Waals surface area contributed by atoms with Crippen LogP contribution in [0.2, 0.25) is 0 Å². The molecule has 0 saturated heterocycles. The Morgan fingerprint density at radius 1 is 1.42 bits per heavy atom. The first-order valence-corrected chi connectivity index (χ1v) is 7.22. The summed E-state index contributed by atoms with van der Waals surface area (Å²) in [5.74, 6) is -0.324. The highest BCUT2D eigenvalue weighted by Gasteiger charge is 2.10. The summed E-state index contributed by atoms with van der Waals surface area (Å²) >= 11 is 4.96. The number of hydrogen-bond acceptors (Lipinski definition) is 2. The van der Waals surface area contributed by atoms with Crippen LogP contribution in [-0.4, -0.2) is 18.0 Å². The summed E-state index contributed by atoms with van der Waals surface area (Å²) in [7, 11) is 1.71. The minimum Gasteiger partial charge on any atom is -0.322 e. The van der Waals surface area contributed by atoms with Gasteiger partial charge in [-0.25, -0.2) is 9.18 Å². The van der Waals surface area contributed by atoms with Crippen LogP contribution in [0.3, 0.4) is 0 Å². The van der Waals surface area contributed by atoms with Crippen molar-refractivity contribution in [3.8, 4) is 0 Å². The van der Waals surface area contributed by atoms with Gasteiger partial charge in [0.05, 0.1) is 6.54 Å². The van der Waals surface area contributed by atoms with E-state index in [9.17, 15) is 9.18 Å². The van der Waals surface area contributed by atoms with Crippen LogP contribution in [0.4, 0.5) is 14.9 Å². The Kier molecular flexibility index (Phi) is 4.55. The smallest absolute Gasteiger partial charge is 0.321 e. The Morgan fingerprint density at radius 2 is 2.11 bits per heavy atom. The largest absolute Gasteiger partial charge is 0.322 e. The van der Waals surface area contributed by atoms with Crippen molar-refractivity contribution in [3.63, 3.8) is 0 Å². The molecule has 19 heavy (non-hydrogen) atoms. The summed E-state index contributed by atoms with van der Waals surface area (Å²) in [5, 5.41) is 4.68. The van der Waals surface area contributed by atoms with Crippen molar-refractivity contribution in [1.29, 1.82) is 0 Å².